The predicted molar refractivity (Wildman–Crippen MR) is 82.7 cm³/mol. The van der Waals surface area contributed by atoms with Crippen molar-refractivity contribution in [3.8, 4) is 5.75 Å². The van der Waals surface area contributed by atoms with Gasteiger partial charge in [-0.25, -0.2) is 0 Å². The number of anilines is 1. The highest BCUT2D eigenvalue weighted by Gasteiger charge is 2.14. The number of methoxy groups -OCH3 is 1. The van der Waals surface area contributed by atoms with E-state index in [0.717, 1.165) is 0 Å². The first-order valence-electron chi connectivity index (χ1n) is 5.93. The van der Waals surface area contributed by atoms with Gasteiger partial charge in [0.15, 0.2) is 5.75 Å². The number of ether oxygens (including phenoxy) is 1. The van der Waals surface area contributed by atoms with E-state index in [1.807, 2.05) is 0 Å². The second-order valence-electron chi connectivity index (χ2n) is 4.28. The average Bonchev–Trinajstić information content (AvgIpc) is 2.44. The molecular weight excluding hydrogens is 315 g/mol. The van der Waals surface area contributed by atoms with Gasteiger partial charge < -0.3 is 14.6 Å². The molecule has 0 saturated heterocycles. The fourth-order valence-corrected chi connectivity index (χ4v) is 2.10. The van der Waals surface area contributed by atoms with Crippen molar-refractivity contribution in [1.29, 1.82) is 0 Å². The SMILES string of the molecule is COc1cn(C)c(C(=O)Nc2cc(Cl)ccc2Cl)cc1=O. The number of nitrogens with zero attached hydrogens (tertiary/aromatic N) is 1. The summed E-state index contributed by atoms with van der Waals surface area (Å²) in [5, 5.41) is 3.41. The minimum absolute atomic E-state index is 0.162. The Balaban J connectivity index is 2.35. The molecule has 5 nitrogen and oxygen atoms in total. The molecule has 0 fully saturated rings. The number of aryl methyl sites for hydroxylation is 1. The molecule has 0 radical (unpaired) electrons. The highest BCUT2D eigenvalue weighted by atomic mass is 35.5. The summed E-state index contributed by atoms with van der Waals surface area (Å²) >= 11 is 11.8. The number of hydrogen-bond acceptors (Lipinski definition) is 3. The van der Waals surface area contributed by atoms with Gasteiger partial charge in [0.1, 0.15) is 5.69 Å². The van der Waals surface area contributed by atoms with Crippen LogP contribution in [0.5, 0.6) is 5.75 Å². The zero-order valence-electron chi connectivity index (χ0n) is 11.3. The molecule has 1 heterocycles. The van der Waals surface area contributed by atoms with Gasteiger partial charge in [-0.15, -0.1) is 0 Å². The maximum atomic E-state index is 12.2. The maximum absolute atomic E-state index is 12.2. The third-order valence-corrected chi connectivity index (χ3v) is 3.40. The topological polar surface area (TPSA) is 60.3 Å². The number of hydrogen-bond donors (Lipinski definition) is 1. The van der Waals surface area contributed by atoms with Crippen LogP contribution < -0.4 is 15.5 Å². The summed E-state index contributed by atoms with van der Waals surface area (Å²) < 4.78 is 6.40. The zero-order valence-corrected chi connectivity index (χ0v) is 12.8. The van der Waals surface area contributed by atoms with E-state index in [-0.39, 0.29) is 16.9 Å². The van der Waals surface area contributed by atoms with Crippen LogP contribution in [0.3, 0.4) is 0 Å². The monoisotopic (exact) mass is 326 g/mol. The van der Waals surface area contributed by atoms with Crippen molar-refractivity contribution < 1.29 is 9.53 Å². The van der Waals surface area contributed by atoms with Crippen LogP contribution in [-0.2, 0) is 7.05 Å². The van der Waals surface area contributed by atoms with Crippen LogP contribution in [0.25, 0.3) is 0 Å². The standard InChI is InChI=1S/C14H12Cl2N2O3/c1-18-7-13(21-2)12(19)6-11(18)14(20)17-10-5-8(15)3-4-9(10)16/h3-7H,1-2H3,(H,17,20). The van der Waals surface area contributed by atoms with Crippen molar-refractivity contribution in [1.82, 2.24) is 4.57 Å². The number of rotatable bonds is 3. The lowest BCUT2D eigenvalue weighted by Gasteiger charge is -2.11. The first kappa shape index (κ1) is 15.4. The van der Waals surface area contributed by atoms with Crippen LogP contribution >= 0.6 is 23.2 Å². The largest absolute Gasteiger partial charge is 0.491 e. The molecule has 0 unspecified atom stereocenters. The third kappa shape index (κ3) is 3.37. The van der Waals surface area contributed by atoms with Gasteiger partial charge in [0, 0.05) is 18.1 Å². The predicted octanol–water partition coefficient (Wildman–Crippen LogP) is 2.95. The number of halogens is 2. The van der Waals surface area contributed by atoms with E-state index < -0.39 is 5.91 Å². The van der Waals surface area contributed by atoms with Crippen LogP contribution in [0, 0.1) is 0 Å². The first-order valence-corrected chi connectivity index (χ1v) is 6.69. The van der Waals surface area contributed by atoms with Crippen molar-refractivity contribution in [2.75, 3.05) is 12.4 Å². The molecule has 0 aliphatic rings. The number of carbonyl (C=O) groups is 1. The molecule has 1 aromatic heterocycles. The van der Waals surface area contributed by atoms with Crippen LogP contribution in [0.2, 0.25) is 10.0 Å². The lowest BCUT2D eigenvalue weighted by Crippen LogP contribution is -2.21. The number of benzene rings is 1. The molecule has 110 valence electrons. The van der Waals surface area contributed by atoms with Gasteiger partial charge in [-0.1, -0.05) is 23.2 Å². The third-order valence-electron chi connectivity index (χ3n) is 2.83. The summed E-state index contributed by atoms with van der Waals surface area (Å²) in [4.78, 5) is 24.0. The van der Waals surface area contributed by atoms with Crippen LogP contribution in [0.4, 0.5) is 5.69 Å². The lowest BCUT2D eigenvalue weighted by molar-refractivity contribution is 0.101. The number of pyridine rings is 1. The molecule has 0 atom stereocenters. The Hall–Kier alpha value is -1.98. The Morgan fingerprint density at radius 1 is 1.29 bits per heavy atom. The summed E-state index contributed by atoms with van der Waals surface area (Å²) in [6, 6.07) is 5.92. The highest BCUT2D eigenvalue weighted by Crippen LogP contribution is 2.25. The fraction of sp³-hybridized carbons (Fsp3) is 0.143. The minimum Gasteiger partial charge on any atom is -0.491 e. The van der Waals surface area contributed by atoms with Crippen molar-refractivity contribution in [3.63, 3.8) is 0 Å². The molecule has 0 spiro atoms. The van der Waals surface area contributed by atoms with E-state index in [1.165, 1.54) is 30.0 Å². The molecule has 7 heteroatoms. The number of aromatic nitrogens is 1. The van der Waals surface area contributed by atoms with Gasteiger partial charge in [0.25, 0.3) is 5.91 Å². The zero-order chi connectivity index (χ0) is 15.6. The molecule has 0 saturated carbocycles. The second-order valence-corrected chi connectivity index (χ2v) is 5.12. The molecule has 21 heavy (non-hydrogen) atoms. The Morgan fingerprint density at radius 3 is 2.67 bits per heavy atom. The number of carbonyl (C=O) groups excluding carboxylic acids is 1. The maximum Gasteiger partial charge on any atom is 0.272 e. The Bertz CT molecular complexity index is 756. The first-order chi connectivity index (χ1) is 9.92. The average molecular weight is 327 g/mol. The molecule has 1 N–H and O–H groups in total. The smallest absolute Gasteiger partial charge is 0.272 e. The summed E-state index contributed by atoms with van der Waals surface area (Å²) in [5.74, 6) is -0.309. The molecule has 2 rings (SSSR count). The second kappa shape index (κ2) is 6.20. The number of nitrogens with one attached hydrogen (secondary N) is 1. The van der Waals surface area contributed by atoms with Crippen molar-refractivity contribution >= 4 is 34.8 Å². The van der Waals surface area contributed by atoms with Crippen molar-refractivity contribution in [3.05, 3.63) is 56.4 Å². The van der Waals surface area contributed by atoms with Gasteiger partial charge in [0.2, 0.25) is 5.43 Å². The van der Waals surface area contributed by atoms with Gasteiger partial charge in [-0.3, -0.25) is 9.59 Å². The van der Waals surface area contributed by atoms with Crippen molar-refractivity contribution in [2.45, 2.75) is 0 Å². The number of amides is 1. The highest BCUT2D eigenvalue weighted by molar-refractivity contribution is 6.35. The quantitative estimate of drug-likeness (QED) is 0.943. The molecule has 0 aliphatic carbocycles. The summed E-state index contributed by atoms with van der Waals surface area (Å²) in [6.45, 7) is 0. The van der Waals surface area contributed by atoms with Crippen LogP contribution in [0.1, 0.15) is 10.5 Å². The lowest BCUT2D eigenvalue weighted by atomic mass is 10.2. The summed E-state index contributed by atoms with van der Waals surface area (Å²) in [6.07, 6.45) is 1.44. The Morgan fingerprint density at radius 2 is 2.00 bits per heavy atom. The van der Waals surface area contributed by atoms with Crippen LogP contribution in [-0.4, -0.2) is 17.6 Å². The van der Waals surface area contributed by atoms with Gasteiger partial charge in [-0.05, 0) is 18.2 Å². The Labute approximate surface area is 131 Å². The Kier molecular flexibility index (Phi) is 4.55. The normalized spacial score (nSPS) is 10.3. The minimum atomic E-state index is -0.471. The van der Waals surface area contributed by atoms with Gasteiger partial charge in [0.05, 0.1) is 24.0 Å². The van der Waals surface area contributed by atoms with Crippen molar-refractivity contribution in [2.24, 2.45) is 7.05 Å². The molecular formula is C14H12Cl2N2O3. The van der Waals surface area contributed by atoms with E-state index in [9.17, 15) is 9.59 Å². The summed E-state index contributed by atoms with van der Waals surface area (Å²) in [5.41, 5.74) is 0.173. The molecule has 2 aromatic rings. The van der Waals surface area contributed by atoms with Gasteiger partial charge in [-0.2, -0.15) is 0 Å². The fourth-order valence-electron chi connectivity index (χ4n) is 1.76. The van der Waals surface area contributed by atoms with E-state index in [0.29, 0.717) is 15.7 Å². The summed E-state index contributed by atoms with van der Waals surface area (Å²) in [7, 11) is 3.03. The molecule has 0 aliphatic heterocycles. The molecule has 1 aromatic carbocycles. The molecule has 1 amide bonds. The van der Waals surface area contributed by atoms with E-state index in [4.69, 9.17) is 27.9 Å². The van der Waals surface area contributed by atoms with E-state index in [1.54, 1.807) is 19.2 Å². The molecule has 0 bridgehead atoms. The van der Waals surface area contributed by atoms with Crippen LogP contribution in [0.15, 0.2) is 35.3 Å². The van der Waals surface area contributed by atoms with Gasteiger partial charge >= 0.3 is 0 Å². The van der Waals surface area contributed by atoms with E-state index in [2.05, 4.69) is 5.32 Å². The van der Waals surface area contributed by atoms with E-state index >= 15 is 0 Å².